The van der Waals surface area contributed by atoms with Crippen LogP contribution in [0.15, 0.2) is 46.7 Å². The minimum Gasteiger partial charge on any atom is -0.296 e. The lowest BCUT2D eigenvalue weighted by atomic mass is 10.2. The lowest BCUT2D eigenvalue weighted by Crippen LogP contribution is -2.48. The molecule has 1 aliphatic heterocycles. The first-order valence-electron chi connectivity index (χ1n) is 7.83. The predicted octanol–water partition coefficient (Wildman–Crippen LogP) is 2.46. The summed E-state index contributed by atoms with van der Waals surface area (Å²) in [4.78, 5) is 14.7. The van der Waals surface area contributed by atoms with Crippen LogP contribution in [0.25, 0.3) is 0 Å². The number of ketones is 1. The highest BCUT2D eigenvalue weighted by atomic mass is 32.2. The van der Waals surface area contributed by atoms with E-state index in [4.69, 9.17) is 0 Å². The zero-order valence-corrected chi connectivity index (χ0v) is 15.1. The van der Waals surface area contributed by atoms with Gasteiger partial charge in [-0.05, 0) is 36.1 Å². The minimum atomic E-state index is -3.40. The Kier molecular flexibility index (Phi) is 5.15. The fraction of sp³-hybridized carbons (Fsp3) is 0.353. The summed E-state index contributed by atoms with van der Waals surface area (Å²) in [5.41, 5.74) is 1.12. The lowest BCUT2D eigenvalue weighted by Gasteiger charge is -2.33. The van der Waals surface area contributed by atoms with Crippen molar-refractivity contribution in [2.24, 2.45) is 0 Å². The van der Waals surface area contributed by atoms with Gasteiger partial charge in [-0.15, -0.1) is 11.3 Å². The van der Waals surface area contributed by atoms with Crippen LogP contribution in [-0.4, -0.2) is 49.6 Å². The summed E-state index contributed by atoms with van der Waals surface area (Å²) in [5, 5.41) is 2.00. The number of Topliss-reactive ketones (excluding diaryl/α,β-unsaturated/α-hetero) is 1. The standard InChI is InChI=1S/C17H20N2O3S2/c1-14(20)17-11-15(13-23-17)12-18-7-9-19(10-8-18)24(21,22)16-5-3-2-4-6-16/h2-6,11,13H,7-10,12H2,1H3. The van der Waals surface area contributed by atoms with Crippen molar-refractivity contribution < 1.29 is 13.2 Å². The highest BCUT2D eigenvalue weighted by molar-refractivity contribution is 7.89. The molecule has 0 bridgehead atoms. The van der Waals surface area contributed by atoms with E-state index in [1.165, 1.54) is 11.3 Å². The van der Waals surface area contributed by atoms with E-state index in [0.29, 0.717) is 31.1 Å². The molecular weight excluding hydrogens is 344 g/mol. The van der Waals surface area contributed by atoms with Gasteiger partial charge in [-0.1, -0.05) is 18.2 Å². The first kappa shape index (κ1) is 17.3. The molecule has 0 saturated carbocycles. The number of benzene rings is 1. The molecule has 3 rings (SSSR count). The molecule has 128 valence electrons. The molecule has 0 N–H and O–H groups in total. The van der Waals surface area contributed by atoms with E-state index in [-0.39, 0.29) is 5.78 Å². The van der Waals surface area contributed by atoms with Gasteiger partial charge in [-0.25, -0.2) is 8.42 Å². The number of nitrogens with zero attached hydrogens (tertiary/aromatic N) is 2. The molecule has 5 nitrogen and oxygen atoms in total. The van der Waals surface area contributed by atoms with E-state index in [1.54, 1.807) is 35.5 Å². The van der Waals surface area contributed by atoms with Gasteiger partial charge in [-0.3, -0.25) is 9.69 Å². The van der Waals surface area contributed by atoms with Crippen LogP contribution >= 0.6 is 11.3 Å². The molecular formula is C17H20N2O3S2. The summed E-state index contributed by atoms with van der Waals surface area (Å²) in [5.74, 6) is 0.0880. The molecule has 7 heteroatoms. The molecule has 0 aliphatic carbocycles. The Labute approximate surface area is 146 Å². The summed E-state index contributed by atoms with van der Waals surface area (Å²) >= 11 is 1.47. The molecule has 2 heterocycles. The third-order valence-corrected chi connectivity index (χ3v) is 7.11. The molecule has 2 aromatic rings. The van der Waals surface area contributed by atoms with Crippen molar-refractivity contribution in [1.29, 1.82) is 0 Å². The molecule has 1 aromatic carbocycles. The van der Waals surface area contributed by atoms with Gasteiger partial charge >= 0.3 is 0 Å². The van der Waals surface area contributed by atoms with Crippen LogP contribution in [0.1, 0.15) is 22.2 Å². The molecule has 0 unspecified atom stereocenters. The molecule has 1 saturated heterocycles. The van der Waals surface area contributed by atoms with Crippen molar-refractivity contribution in [2.75, 3.05) is 26.2 Å². The van der Waals surface area contributed by atoms with Gasteiger partial charge in [0.05, 0.1) is 9.77 Å². The van der Waals surface area contributed by atoms with Crippen molar-refractivity contribution in [3.63, 3.8) is 0 Å². The summed E-state index contributed by atoms with van der Waals surface area (Å²) in [7, 11) is -3.40. The summed E-state index contributed by atoms with van der Waals surface area (Å²) in [6, 6.07) is 10.5. The number of thiophene rings is 1. The lowest BCUT2D eigenvalue weighted by molar-refractivity contribution is 0.102. The molecule has 0 amide bonds. The van der Waals surface area contributed by atoms with E-state index in [9.17, 15) is 13.2 Å². The van der Waals surface area contributed by atoms with Crippen molar-refractivity contribution in [3.8, 4) is 0 Å². The molecule has 24 heavy (non-hydrogen) atoms. The second kappa shape index (κ2) is 7.14. The Morgan fingerprint density at radius 1 is 1.12 bits per heavy atom. The highest BCUT2D eigenvalue weighted by Gasteiger charge is 2.28. The van der Waals surface area contributed by atoms with Gasteiger partial charge in [0.2, 0.25) is 10.0 Å². The maximum Gasteiger partial charge on any atom is 0.243 e. The van der Waals surface area contributed by atoms with Gasteiger partial charge in [0, 0.05) is 32.7 Å². The van der Waals surface area contributed by atoms with Crippen LogP contribution in [0.3, 0.4) is 0 Å². The van der Waals surface area contributed by atoms with Gasteiger partial charge in [0.25, 0.3) is 0 Å². The van der Waals surface area contributed by atoms with Crippen molar-refractivity contribution in [1.82, 2.24) is 9.21 Å². The first-order valence-corrected chi connectivity index (χ1v) is 10.1. The van der Waals surface area contributed by atoms with Crippen molar-refractivity contribution in [2.45, 2.75) is 18.4 Å². The van der Waals surface area contributed by atoms with E-state index in [1.807, 2.05) is 17.5 Å². The Balaban J connectivity index is 1.60. The van der Waals surface area contributed by atoms with Gasteiger partial charge in [0.1, 0.15) is 0 Å². The van der Waals surface area contributed by atoms with Crippen LogP contribution in [0, 0.1) is 0 Å². The minimum absolute atomic E-state index is 0.0880. The maximum absolute atomic E-state index is 12.6. The largest absolute Gasteiger partial charge is 0.296 e. The fourth-order valence-electron chi connectivity index (χ4n) is 2.77. The monoisotopic (exact) mass is 364 g/mol. The summed E-state index contributed by atoms with van der Waals surface area (Å²) in [6.07, 6.45) is 0. The fourth-order valence-corrected chi connectivity index (χ4v) is 5.02. The molecule has 0 spiro atoms. The van der Waals surface area contributed by atoms with Crippen molar-refractivity contribution >= 4 is 27.1 Å². The van der Waals surface area contributed by atoms with E-state index >= 15 is 0 Å². The molecule has 1 aromatic heterocycles. The summed E-state index contributed by atoms with van der Waals surface area (Å²) in [6.45, 7) is 4.68. The zero-order valence-electron chi connectivity index (χ0n) is 13.5. The first-order chi connectivity index (χ1) is 11.5. The van der Waals surface area contributed by atoms with E-state index in [2.05, 4.69) is 4.90 Å². The van der Waals surface area contributed by atoms with Gasteiger partial charge in [0.15, 0.2) is 5.78 Å². The van der Waals surface area contributed by atoms with Gasteiger partial charge < -0.3 is 0 Å². The molecule has 0 atom stereocenters. The predicted molar refractivity (Wildman–Crippen MR) is 94.8 cm³/mol. The van der Waals surface area contributed by atoms with Crippen LogP contribution in [0.5, 0.6) is 0 Å². The average Bonchev–Trinajstić information content (AvgIpc) is 3.05. The molecule has 1 fully saturated rings. The second-order valence-corrected chi connectivity index (χ2v) is 8.72. The number of rotatable bonds is 5. The van der Waals surface area contributed by atoms with Crippen LogP contribution in [0.4, 0.5) is 0 Å². The quantitative estimate of drug-likeness (QED) is 0.765. The zero-order chi connectivity index (χ0) is 17.2. The Morgan fingerprint density at radius 3 is 2.38 bits per heavy atom. The normalized spacial score (nSPS) is 17.0. The van der Waals surface area contributed by atoms with Crippen LogP contribution in [0.2, 0.25) is 0 Å². The summed E-state index contributed by atoms with van der Waals surface area (Å²) < 4.78 is 26.8. The topological polar surface area (TPSA) is 57.7 Å². The third-order valence-electron chi connectivity index (χ3n) is 4.12. The molecule has 1 aliphatic rings. The number of carbonyl (C=O) groups excluding carboxylic acids is 1. The maximum atomic E-state index is 12.6. The SMILES string of the molecule is CC(=O)c1cc(CN2CCN(S(=O)(=O)c3ccccc3)CC2)cs1. The van der Waals surface area contributed by atoms with Crippen LogP contribution in [-0.2, 0) is 16.6 Å². The van der Waals surface area contributed by atoms with Gasteiger partial charge in [-0.2, -0.15) is 4.31 Å². The average molecular weight is 364 g/mol. The third kappa shape index (κ3) is 3.75. The smallest absolute Gasteiger partial charge is 0.243 e. The Bertz CT molecular complexity index is 807. The Morgan fingerprint density at radius 2 is 1.79 bits per heavy atom. The van der Waals surface area contributed by atoms with Crippen molar-refractivity contribution in [3.05, 3.63) is 52.2 Å². The van der Waals surface area contributed by atoms with E-state index in [0.717, 1.165) is 17.0 Å². The number of carbonyl (C=O) groups is 1. The number of piperazine rings is 1. The number of hydrogen-bond donors (Lipinski definition) is 0. The Hall–Kier alpha value is -1.54. The second-order valence-electron chi connectivity index (χ2n) is 5.87. The molecule has 0 radical (unpaired) electrons. The van der Waals surface area contributed by atoms with Crippen LogP contribution < -0.4 is 0 Å². The highest BCUT2D eigenvalue weighted by Crippen LogP contribution is 2.20. The number of sulfonamides is 1. The number of hydrogen-bond acceptors (Lipinski definition) is 5. The van der Waals surface area contributed by atoms with E-state index < -0.39 is 10.0 Å².